The molecule has 0 unspecified atom stereocenters. The van der Waals surface area contributed by atoms with Crippen LogP contribution in [-0.4, -0.2) is 92.4 Å². The summed E-state index contributed by atoms with van der Waals surface area (Å²) >= 11 is 3.70. The fraction of sp³-hybridized carbons (Fsp3) is 0.594. The predicted molar refractivity (Wildman–Crippen MR) is 164 cm³/mol. The summed E-state index contributed by atoms with van der Waals surface area (Å²) in [6, 6.07) is 4.76. The van der Waals surface area contributed by atoms with Gasteiger partial charge in [-0.25, -0.2) is 0 Å². The molecular weight excluding hydrogens is 614 g/mol. The van der Waals surface area contributed by atoms with Crippen molar-refractivity contribution in [2.24, 2.45) is 17.8 Å². The Morgan fingerprint density at radius 2 is 2.02 bits per heavy atom. The Labute approximate surface area is 259 Å². The van der Waals surface area contributed by atoms with E-state index in [1.807, 2.05) is 33.0 Å². The molecule has 3 N–H and O–H groups in total. The van der Waals surface area contributed by atoms with Crippen LogP contribution in [0.15, 0.2) is 28.9 Å². The van der Waals surface area contributed by atoms with Gasteiger partial charge < -0.3 is 20.3 Å². The van der Waals surface area contributed by atoms with Gasteiger partial charge >= 0.3 is 0 Å². The van der Waals surface area contributed by atoms with Crippen molar-refractivity contribution in [2.45, 2.75) is 83.1 Å². The number of hydrogen-bond donors (Lipinski definition) is 3. The number of nitrogens with one attached hydrogen (secondary N) is 2. The maximum atomic E-state index is 14.4. The van der Waals surface area contributed by atoms with Crippen LogP contribution in [0, 0.1) is 17.8 Å². The van der Waals surface area contributed by atoms with Crippen LogP contribution >= 0.6 is 15.9 Å². The number of fused-ring (bicyclic) bond motifs is 5. The number of amides is 3. The van der Waals surface area contributed by atoms with E-state index < -0.39 is 41.5 Å². The maximum Gasteiger partial charge on any atom is 0.281 e. The number of aliphatic hydroxyl groups is 1. The standard InChI is InChI=1S/C32H40BrN5O5/c1-16(2)12-24-29(40)37-11-7-10-25(37)32(42)38(24)30(41)31(43-32,17(3)4)35-28(39)18-13-20-19-8-6-9-22-26(19)21(27(33)34-22)14-23(20)36(5)15-18/h6,8-9,13,16-18,23-25,34,42H,7,10-12,14-15H2,1-5H3,(H,35,39)/t18-,23-,24+,25-,31-,32+/m1/s1. The third kappa shape index (κ3) is 4.04. The van der Waals surface area contributed by atoms with Crippen LogP contribution in [0.2, 0.25) is 0 Å². The smallest absolute Gasteiger partial charge is 0.281 e. The summed E-state index contributed by atoms with van der Waals surface area (Å²) in [7, 11) is 2.03. The van der Waals surface area contributed by atoms with Gasteiger partial charge in [-0.2, -0.15) is 0 Å². The summed E-state index contributed by atoms with van der Waals surface area (Å²) < 4.78 is 7.43. The molecule has 5 aliphatic rings. The van der Waals surface area contributed by atoms with Crippen molar-refractivity contribution in [2.75, 3.05) is 20.1 Å². The first kappa shape index (κ1) is 29.0. The van der Waals surface area contributed by atoms with Crippen LogP contribution in [0.3, 0.4) is 0 Å². The molecule has 3 saturated heterocycles. The van der Waals surface area contributed by atoms with Gasteiger partial charge in [0.05, 0.1) is 10.5 Å². The van der Waals surface area contributed by atoms with E-state index in [4.69, 9.17) is 4.74 Å². The monoisotopic (exact) mass is 653 g/mol. The Kier molecular flexibility index (Phi) is 6.67. The quantitative estimate of drug-likeness (QED) is 0.456. The Morgan fingerprint density at radius 3 is 2.74 bits per heavy atom. The number of benzene rings is 1. The van der Waals surface area contributed by atoms with E-state index in [0.29, 0.717) is 25.9 Å². The Bertz CT molecular complexity index is 1570. The van der Waals surface area contributed by atoms with Crippen LogP contribution in [0.25, 0.3) is 16.5 Å². The fourth-order valence-corrected chi connectivity index (χ4v) is 8.72. The van der Waals surface area contributed by atoms with Crippen LogP contribution in [0.4, 0.5) is 0 Å². The molecule has 0 radical (unpaired) electrons. The molecule has 3 amide bonds. The number of carbonyl (C=O) groups is 3. The molecule has 0 bridgehead atoms. The molecular formula is C32H40BrN5O5. The highest BCUT2D eigenvalue weighted by atomic mass is 79.9. The Morgan fingerprint density at radius 1 is 1.26 bits per heavy atom. The molecule has 10 nitrogen and oxygen atoms in total. The van der Waals surface area contributed by atoms with E-state index in [1.165, 1.54) is 15.8 Å². The first-order chi connectivity index (χ1) is 20.4. The number of H-pyrrole nitrogens is 1. The van der Waals surface area contributed by atoms with E-state index in [2.05, 4.69) is 43.3 Å². The Balaban J connectivity index is 1.25. The van der Waals surface area contributed by atoms with Gasteiger partial charge in [-0.3, -0.25) is 28.9 Å². The molecule has 5 heterocycles. The van der Waals surface area contributed by atoms with Crippen LogP contribution < -0.4 is 5.32 Å². The molecule has 6 atom stereocenters. The molecule has 0 spiro atoms. The van der Waals surface area contributed by atoms with Crippen molar-refractivity contribution in [1.29, 1.82) is 0 Å². The van der Waals surface area contributed by atoms with Gasteiger partial charge in [0.2, 0.25) is 17.5 Å². The average Bonchev–Trinajstić information content (AvgIpc) is 3.63. The van der Waals surface area contributed by atoms with Crippen LogP contribution in [0.1, 0.15) is 58.1 Å². The minimum atomic E-state index is -2.01. The SMILES string of the molecule is CC(C)C[C@H]1C(=O)N2CCC[C@@H]2[C@]2(O)O[C@](NC(=O)[C@@H]3C=C4c5cccc6[nH]c(Br)c(c56)C[C@H]4N(C)C3)(C(C)C)C(=O)N12. The molecule has 3 fully saturated rings. The number of ether oxygens (including phenoxy) is 1. The van der Waals surface area contributed by atoms with Crippen molar-refractivity contribution in [3.8, 4) is 0 Å². The third-order valence-electron chi connectivity index (χ3n) is 10.3. The summed E-state index contributed by atoms with van der Waals surface area (Å²) in [5, 5.41) is 16.3. The molecule has 1 aromatic heterocycles. The highest BCUT2D eigenvalue weighted by molar-refractivity contribution is 9.10. The number of nitrogens with zero attached hydrogens (tertiary/aromatic N) is 3. The second-order valence-corrected chi connectivity index (χ2v) is 14.5. The normalized spacial score (nSPS) is 33.7. The lowest BCUT2D eigenvalue weighted by atomic mass is 9.79. The van der Waals surface area contributed by atoms with Crippen molar-refractivity contribution in [1.82, 2.24) is 25.0 Å². The van der Waals surface area contributed by atoms with E-state index >= 15 is 0 Å². The largest absolute Gasteiger partial charge is 0.349 e. The molecule has 1 aliphatic carbocycles. The van der Waals surface area contributed by atoms with E-state index in [9.17, 15) is 19.5 Å². The molecule has 43 heavy (non-hydrogen) atoms. The number of rotatable bonds is 5. The van der Waals surface area contributed by atoms with Crippen molar-refractivity contribution < 1.29 is 24.2 Å². The number of aromatic nitrogens is 1. The minimum Gasteiger partial charge on any atom is -0.349 e. The lowest BCUT2D eigenvalue weighted by Gasteiger charge is -2.49. The van der Waals surface area contributed by atoms with Crippen LogP contribution in [-0.2, 0) is 25.5 Å². The summed E-state index contributed by atoms with van der Waals surface area (Å²) in [4.78, 5) is 50.8. The molecule has 7 rings (SSSR count). The summed E-state index contributed by atoms with van der Waals surface area (Å²) in [6.07, 6.45) is 4.49. The highest BCUT2D eigenvalue weighted by Crippen LogP contribution is 2.49. The predicted octanol–water partition coefficient (Wildman–Crippen LogP) is 3.19. The van der Waals surface area contributed by atoms with Crippen molar-refractivity contribution in [3.05, 3.63) is 40.0 Å². The van der Waals surface area contributed by atoms with Gasteiger partial charge in [-0.1, -0.05) is 45.9 Å². The summed E-state index contributed by atoms with van der Waals surface area (Å²) in [6.45, 7) is 8.57. The van der Waals surface area contributed by atoms with Gasteiger partial charge in [0.15, 0.2) is 0 Å². The van der Waals surface area contributed by atoms with E-state index in [-0.39, 0.29) is 23.8 Å². The zero-order chi connectivity index (χ0) is 30.6. The van der Waals surface area contributed by atoms with Gasteiger partial charge in [-0.05, 0) is 77.3 Å². The topological polar surface area (TPSA) is 118 Å². The third-order valence-corrected chi connectivity index (χ3v) is 10.9. The first-order valence-corrected chi connectivity index (χ1v) is 16.3. The number of carbonyl (C=O) groups excluding carboxylic acids is 3. The summed E-state index contributed by atoms with van der Waals surface area (Å²) in [5.74, 6) is -4.01. The maximum absolute atomic E-state index is 14.4. The highest BCUT2D eigenvalue weighted by Gasteiger charge is 2.72. The zero-order valence-corrected chi connectivity index (χ0v) is 26.9. The number of hydrogen-bond acceptors (Lipinski definition) is 6. The molecule has 11 heteroatoms. The molecule has 1 aromatic carbocycles. The van der Waals surface area contributed by atoms with Gasteiger partial charge in [0.1, 0.15) is 12.1 Å². The van der Waals surface area contributed by atoms with Gasteiger partial charge in [0.25, 0.3) is 11.8 Å². The van der Waals surface area contributed by atoms with Gasteiger partial charge in [-0.15, -0.1) is 0 Å². The number of halogens is 1. The number of piperazine rings is 1. The lowest BCUT2D eigenvalue weighted by Crippen LogP contribution is -2.71. The van der Waals surface area contributed by atoms with E-state index in [1.54, 1.807) is 18.7 Å². The molecule has 4 aliphatic heterocycles. The van der Waals surface area contributed by atoms with Crippen LogP contribution in [0.5, 0.6) is 0 Å². The minimum absolute atomic E-state index is 0.104. The average molecular weight is 655 g/mol. The number of likely N-dealkylation sites (N-methyl/N-ethyl adjacent to an activating group) is 1. The molecule has 230 valence electrons. The number of aromatic amines is 1. The lowest BCUT2D eigenvalue weighted by molar-refractivity contribution is -0.322. The second kappa shape index (κ2) is 9.89. The molecule has 0 saturated carbocycles. The van der Waals surface area contributed by atoms with Gasteiger partial charge in [0, 0.05) is 36.0 Å². The van der Waals surface area contributed by atoms with Crippen molar-refractivity contribution >= 4 is 50.1 Å². The van der Waals surface area contributed by atoms with Crippen molar-refractivity contribution in [3.63, 3.8) is 0 Å². The summed E-state index contributed by atoms with van der Waals surface area (Å²) in [5.41, 5.74) is 2.68. The molecule has 2 aromatic rings. The zero-order valence-electron chi connectivity index (χ0n) is 25.3. The Hall–Kier alpha value is -2.73. The fourth-order valence-electron chi connectivity index (χ4n) is 8.15. The second-order valence-electron chi connectivity index (χ2n) is 13.7. The van der Waals surface area contributed by atoms with E-state index in [0.717, 1.165) is 34.1 Å². The first-order valence-electron chi connectivity index (χ1n) is 15.5.